The summed E-state index contributed by atoms with van der Waals surface area (Å²) in [6, 6.07) is 12.5. The lowest BCUT2D eigenvalue weighted by atomic mass is 10.2. The summed E-state index contributed by atoms with van der Waals surface area (Å²) in [7, 11) is -2.38. The highest BCUT2D eigenvalue weighted by Gasteiger charge is 2.24. The molecule has 0 unspecified atom stereocenters. The van der Waals surface area contributed by atoms with Gasteiger partial charge in [-0.15, -0.1) is 0 Å². The van der Waals surface area contributed by atoms with Crippen LogP contribution in [0.4, 0.5) is 0 Å². The number of ether oxygens (including phenoxy) is 1. The fourth-order valence-corrected chi connectivity index (χ4v) is 6.65. The standard InChI is InChI=1S/C23H21Cl2N5O4S2/c1-34-13-12-30-21-19(25)14-17(24)15-20(21)35-23(30)28-22(31)16-4-6-18(7-5-16)36(32,33)29(10-2-8-26)11-3-9-27/h4-7,14-15H,2-3,10-13H2,1H3. The largest absolute Gasteiger partial charge is 0.383 e. The average molecular weight is 566 g/mol. The van der Waals surface area contributed by atoms with Gasteiger partial charge < -0.3 is 9.30 Å². The highest BCUT2D eigenvalue weighted by Crippen LogP contribution is 2.29. The van der Waals surface area contributed by atoms with Gasteiger partial charge in [0.15, 0.2) is 4.80 Å². The minimum Gasteiger partial charge on any atom is -0.383 e. The van der Waals surface area contributed by atoms with Gasteiger partial charge in [0.1, 0.15) is 0 Å². The van der Waals surface area contributed by atoms with E-state index in [1.54, 1.807) is 23.8 Å². The number of benzene rings is 2. The molecule has 0 radical (unpaired) electrons. The van der Waals surface area contributed by atoms with Crippen LogP contribution < -0.4 is 4.80 Å². The van der Waals surface area contributed by atoms with Crippen LogP contribution in [0, 0.1) is 22.7 Å². The summed E-state index contributed by atoms with van der Waals surface area (Å²) < 4.78 is 34.8. The zero-order valence-electron chi connectivity index (χ0n) is 19.1. The van der Waals surface area contributed by atoms with E-state index < -0.39 is 15.9 Å². The molecule has 0 aliphatic carbocycles. The van der Waals surface area contributed by atoms with Crippen LogP contribution in [0.1, 0.15) is 23.2 Å². The SMILES string of the molecule is COCCn1c(=NC(=O)c2ccc(S(=O)(=O)N(CCC#N)CCC#N)cc2)sc2cc(Cl)cc(Cl)c21. The predicted octanol–water partition coefficient (Wildman–Crippen LogP) is 4.22. The van der Waals surface area contributed by atoms with E-state index in [4.69, 9.17) is 38.5 Å². The number of sulfonamides is 1. The minimum absolute atomic E-state index is 0.00637. The molecule has 0 fully saturated rings. The summed E-state index contributed by atoms with van der Waals surface area (Å²) >= 11 is 13.8. The molecule has 36 heavy (non-hydrogen) atoms. The molecule has 0 N–H and O–H groups in total. The van der Waals surface area contributed by atoms with Gasteiger partial charge in [-0.25, -0.2) is 8.42 Å². The fourth-order valence-electron chi connectivity index (χ4n) is 3.38. The molecule has 13 heteroatoms. The molecule has 1 amide bonds. The molecule has 0 aliphatic rings. The molecule has 188 valence electrons. The number of rotatable bonds is 10. The van der Waals surface area contributed by atoms with Crippen molar-refractivity contribution in [2.75, 3.05) is 26.8 Å². The molecular weight excluding hydrogens is 545 g/mol. The molecule has 0 saturated heterocycles. The molecule has 0 saturated carbocycles. The minimum atomic E-state index is -3.94. The van der Waals surface area contributed by atoms with Crippen LogP contribution in [-0.4, -0.2) is 50.0 Å². The summed E-state index contributed by atoms with van der Waals surface area (Å²) in [5, 5.41) is 18.5. The number of amides is 1. The molecule has 3 rings (SSSR count). The third-order valence-corrected chi connectivity index (χ3v) is 8.54. The Balaban J connectivity index is 1.96. The van der Waals surface area contributed by atoms with E-state index in [1.807, 2.05) is 12.1 Å². The average Bonchev–Trinajstić information content (AvgIpc) is 3.19. The molecule has 0 atom stereocenters. The van der Waals surface area contributed by atoms with Crippen molar-refractivity contribution in [2.45, 2.75) is 24.3 Å². The van der Waals surface area contributed by atoms with Crippen LogP contribution in [0.5, 0.6) is 0 Å². The van der Waals surface area contributed by atoms with E-state index in [2.05, 4.69) is 4.99 Å². The van der Waals surface area contributed by atoms with Crippen LogP contribution in [0.2, 0.25) is 10.0 Å². The van der Waals surface area contributed by atoms with Crippen molar-refractivity contribution >= 4 is 60.7 Å². The first kappa shape index (κ1) is 27.8. The lowest BCUT2D eigenvalue weighted by Crippen LogP contribution is -2.32. The lowest BCUT2D eigenvalue weighted by Gasteiger charge is -2.20. The number of carbonyl (C=O) groups excluding carboxylic acids is 1. The van der Waals surface area contributed by atoms with Crippen LogP contribution in [0.15, 0.2) is 46.3 Å². The summed E-state index contributed by atoms with van der Waals surface area (Å²) in [5.74, 6) is -0.565. The Morgan fingerprint density at radius 1 is 1.14 bits per heavy atom. The molecule has 1 heterocycles. The third kappa shape index (κ3) is 6.31. The zero-order valence-corrected chi connectivity index (χ0v) is 22.3. The van der Waals surface area contributed by atoms with E-state index in [9.17, 15) is 13.2 Å². The molecule has 1 aromatic heterocycles. The van der Waals surface area contributed by atoms with Gasteiger partial charge in [0.05, 0.1) is 38.9 Å². The second-order valence-corrected chi connectivity index (χ2v) is 11.2. The first-order valence-corrected chi connectivity index (χ1v) is 13.6. The highest BCUT2D eigenvalue weighted by atomic mass is 35.5. The monoisotopic (exact) mass is 565 g/mol. The van der Waals surface area contributed by atoms with Crippen LogP contribution in [-0.2, 0) is 21.3 Å². The lowest BCUT2D eigenvalue weighted by molar-refractivity contribution is 0.0997. The molecule has 0 spiro atoms. The van der Waals surface area contributed by atoms with E-state index in [0.29, 0.717) is 33.5 Å². The molecule has 9 nitrogen and oxygen atoms in total. The number of aromatic nitrogens is 1. The van der Waals surface area contributed by atoms with E-state index in [0.717, 1.165) is 9.01 Å². The van der Waals surface area contributed by atoms with Crippen molar-refractivity contribution in [2.24, 2.45) is 4.99 Å². The van der Waals surface area contributed by atoms with Crippen molar-refractivity contribution < 1.29 is 17.9 Å². The number of hydrogen-bond acceptors (Lipinski definition) is 7. The number of methoxy groups -OCH3 is 1. The maximum absolute atomic E-state index is 13.0. The summed E-state index contributed by atoms with van der Waals surface area (Å²) in [4.78, 5) is 17.5. The Hall–Kier alpha value is -2.77. The molecule has 2 aromatic carbocycles. The molecule has 3 aromatic rings. The van der Waals surface area contributed by atoms with Crippen molar-refractivity contribution in [1.29, 1.82) is 10.5 Å². The number of carbonyl (C=O) groups is 1. The van der Waals surface area contributed by atoms with E-state index in [1.165, 1.54) is 35.6 Å². The Morgan fingerprint density at radius 3 is 2.36 bits per heavy atom. The van der Waals surface area contributed by atoms with E-state index in [-0.39, 0.29) is 36.4 Å². The number of nitriles is 2. The van der Waals surface area contributed by atoms with Gasteiger partial charge >= 0.3 is 0 Å². The Bertz CT molecular complexity index is 1500. The number of hydrogen-bond donors (Lipinski definition) is 0. The normalized spacial score (nSPS) is 12.1. The van der Waals surface area contributed by atoms with Gasteiger partial charge in [-0.2, -0.15) is 19.8 Å². The zero-order chi connectivity index (χ0) is 26.3. The number of nitrogens with zero attached hydrogens (tertiary/aromatic N) is 5. The Morgan fingerprint density at radius 2 is 1.78 bits per heavy atom. The van der Waals surface area contributed by atoms with Crippen molar-refractivity contribution in [3.8, 4) is 12.1 Å². The second-order valence-electron chi connectivity index (χ2n) is 7.43. The van der Waals surface area contributed by atoms with Crippen LogP contribution >= 0.6 is 34.5 Å². The highest BCUT2D eigenvalue weighted by molar-refractivity contribution is 7.89. The number of thiazole rings is 1. The molecule has 0 aliphatic heterocycles. The van der Waals surface area contributed by atoms with Gasteiger partial charge in [-0.3, -0.25) is 4.79 Å². The maximum atomic E-state index is 13.0. The van der Waals surface area contributed by atoms with E-state index >= 15 is 0 Å². The predicted molar refractivity (Wildman–Crippen MR) is 137 cm³/mol. The van der Waals surface area contributed by atoms with Crippen molar-refractivity contribution in [3.63, 3.8) is 0 Å². The topological polar surface area (TPSA) is 129 Å². The molecule has 0 bridgehead atoms. The number of fused-ring (bicyclic) bond motifs is 1. The van der Waals surface area contributed by atoms with Crippen molar-refractivity contribution in [1.82, 2.24) is 8.87 Å². The van der Waals surface area contributed by atoms with Crippen molar-refractivity contribution in [3.05, 3.63) is 56.8 Å². The third-order valence-electron chi connectivity index (χ3n) is 5.10. The molecular formula is C23H21Cl2N5O4S2. The fraction of sp³-hybridized carbons (Fsp3) is 0.304. The first-order chi connectivity index (χ1) is 17.2. The number of halogens is 2. The van der Waals surface area contributed by atoms with Crippen LogP contribution in [0.25, 0.3) is 10.2 Å². The summed E-state index contributed by atoms with van der Waals surface area (Å²) in [6.45, 7) is 0.711. The maximum Gasteiger partial charge on any atom is 0.279 e. The van der Waals surface area contributed by atoms with Crippen LogP contribution in [0.3, 0.4) is 0 Å². The van der Waals surface area contributed by atoms with Gasteiger partial charge in [0.25, 0.3) is 5.91 Å². The van der Waals surface area contributed by atoms with Gasteiger partial charge in [0, 0.05) is 50.2 Å². The van der Waals surface area contributed by atoms with Gasteiger partial charge in [-0.1, -0.05) is 34.5 Å². The second kappa shape index (κ2) is 12.5. The summed E-state index contributed by atoms with van der Waals surface area (Å²) in [5.41, 5.74) is 0.875. The quantitative estimate of drug-likeness (QED) is 0.362. The first-order valence-electron chi connectivity index (χ1n) is 10.6. The van der Waals surface area contributed by atoms with Gasteiger partial charge in [0.2, 0.25) is 10.0 Å². The smallest absolute Gasteiger partial charge is 0.279 e. The van der Waals surface area contributed by atoms with Gasteiger partial charge in [-0.05, 0) is 36.4 Å². The summed E-state index contributed by atoms with van der Waals surface area (Å²) in [6.07, 6.45) is -0.0127. The Labute approximate surface area is 222 Å². The Kier molecular flexibility index (Phi) is 9.63.